The molecule has 2 nitrogen and oxygen atoms in total. The molecule has 0 aromatic heterocycles. The van der Waals surface area contributed by atoms with Crippen LogP contribution in [0.25, 0.3) is 0 Å². The molecule has 12 heavy (non-hydrogen) atoms. The first-order valence-corrected chi connectivity index (χ1v) is 4.28. The van der Waals surface area contributed by atoms with Crippen molar-refractivity contribution < 1.29 is 29.5 Å². The van der Waals surface area contributed by atoms with Gasteiger partial charge in [-0.3, -0.25) is 0 Å². The van der Waals surface area contributed by atoms with Crippen LogP contribution in [0.1, 0.15) is 20.8 Å². The van der Waals surface area contributed by atoms with E-state index in [1.54, 1.807) is 0 Å². The van der Waals surface area contributed by atoms with Crippen molar-refractivity contribution in [3.63, 3.8) is 0 Å². The normalized spacial score (nSPS) is 9.00. The molecule has 0 aliphatic heterocycles. The predicted molar refractivity (Wildman–Crippen MR) is 46.3 cm³/mol. The van der Waals surface area contributed by atoms with E-state index in [2.05, 4.69) is 31.0 Å². The fraction of sp³-hybridized carbons (Fsp3) is 1.00. The minimum absolute atomic E-state index is 0. The first-order valence-electron chi connectivity index (χ1n) is 4.28. The molecule has 1 N–H and O–H groups in total. The molecule has 0 rings (SSSR count). The Morgan fingerprint density at radius 2 is 1.58 bits per heavy atom. The molecule has 0 radical (unpaired) electrons. The average molecular weight is 243 g/mol. The second kappa shape index (κ2) is 14.3. The maximum absolute atomic E-state index is 3.31. The van der Waals surface area contributed by atoms with E-state index >= 15 is 0 Å². The van der Waals surface area contributed by atoms with E-state index in [9.17, 15) is 0 Å². The van der Waals surface area contributed by atoms with Crippen molar-refractivity contribution in [3.8, 4) is 0 Å². The van der Waals surface area contributed by atoms with E-state index in [1.807, 2.05) is 0 Å². The molecular formula is C8H20ClCuN2. The van der Waals surface area contributed by atoms with E-state index in [-0.39, 0.29) is 29.5 Å². The third kappa shape index (κ3) is 10.7. The van der Waals surface area contributed by atoms with Crippen LogP contribution in [0.5, 0.6) is 0 Å². The molecule has 0 atom stereocenters. The molecule has 0 aliphatic rings. The van der Waals surface area contributed by atoms with Gasteiger partial charge in [-0.15, -0.1) is 0 Å². The molecule has 0 amide bonds. The van der Waals surface area contributed by atoms with Gasteiger partial charge in [0.1, 0.15) is 0 Å². The molecule has 0 heterocycles. The Kier molecular flexibility index (Phi) is 22.0. The zero-order chi connectivity index (χ0) is 7.82. The van der Waals surface area contributed by atoms with Crippen LogP contribution in [0, 0.1) is 0 Å². The summed E-state index contributed by atoms with van der Waals surface area (Å²) in [5, 5.41) is 3.31. The molecule has 0 saturated carbocycles. The summed E-state index contributed by atoms with van der Waals surface area (Å²) in [5.74, 6) is 0. The second-order valence-corrected chi connectivity index (χ2v) is 2.38. The summed E-state index contributed by atoms with van der Waals surface area (Å²) >= 11 is 0. The summed E-state index contributed by atoms with van der Waals surface area (Å²) in [6.07, 6.45) is 0. The van der Waals surface area contributed by atoms with Crippen LogP contribution in [-0.4, -0.2) is 37.6 Å². The third-order valence-corrected chi connectivity index (χ3v) is 1.75. The minimum Gasteiger partial charge on any atom is -1.00 e. The summed E-state index contributed by atoms with van der Waals surface area (Å²) in [5.41, 5.74) is 0. The molecule has 0 bridgehead atoms. The van der Waals surface area contributed by atoms with Gasteiger partial charge in [0.25, 0.3) is 0 Å². The second-order valence-electron chi connectivity index (χ2n) is 2.38. The average Bonchev–Trinajstić information content (AvgIpc) is 1.99. The summed E-state index contributed by atoms with van der Waals surface area (Å²) in [6, 6.07) is 0. The molecule has 0 aromatic carbocycles. The van der Waals surface area contributed by atoms with Crippen molar-refractivity contribution in [2.45, 2.75) is 20.8 Å². The third-order valence-electron chi connectivity index (χ3n) is 1.75. The fourth-order valence-corrected chi connectivity index (χ4v) is 0.954. The number of nitrogens with one attached hydrogen (secondary N) is 1. The van der Waals surface area contributed by atoms with Crippen molar-refractivity contribution in [1.82, 2.24) is 10.2 Å². The molecule has 0 unspecified atom stereocenters. The van der Waals surface area contributed by atoms with Gasteiger partial charge in [-0.05, 0) is 19.6 Å². The van der Waals surface area contributed by atoms with Gasteiger partial charge >= 0.3 is 17.1 Å². The van der Waals surface area contributed by atoms with Gasteiger partial charge in [0.05, 0.1) is 0 Å². The quantitative estimate of drug-likeness (QED) is 0.426. The van der Waals surface area contributed by atoms with E-state index in [1.165, 1.54) is 19.6 Å². The van der Waals surface area contributed by atoms with Crippen molar-refractivity contribution in [2.75, 3.05) is 32.7 Å². The minimum atomic E-state index is 0. The van der Waals surface area contributed by atoms with Crippen molar-refractivity contribution in [2.24, 2.45) is 0 Å². The SMILES string of the molecule is CCNCCN(CC)CC.[Cl-].[Cu+]. The van der Waals surface area contributed by atoms with Crippen molar-refractivity contribution in [1.29, 1.82) is 0 Å². The van der Waals surface area contributed by atoms with Gasteiger partial charge in [0.2, 0.25) is 0 Å². The molecule has 80 valence electrons. The molecule has 4 heteroatoms. The van der Waals surface area contributed by atoms with Gasteiger partial charge in [-0.25, -0.2) is 0 Å². The van der Waals surface area contributed by atoms with E-state index in [4.69, 9.17) is 0 Å². The van der Waals surface area contributed by atoms with E-state index in [0.29, 0.717) is 0 Å². The number of halogens is 1. The topological polar surface area (TPSA) is 15.3 Å². The maximum atomic E-state index is 3.31. The molecule has 0 aromatic rings. The van der Waals surface area contributed by atoms with Gasteiger partial charge in [0, 0.05) is 13.1 Å². The number of hydrogen-bond acceptors (Lipinski definition) is 2. The van der Waals surface area contributed by atoms with Crippen LogP contribution in [0.2, 0.25) is 0 Å². The fourth-order valence-electron chi connectivity index (χ4n) is 0.954. The largest absolute Gasteiger partial charge is 1.00 e. The number of likely N-dealkylation sites (N-methyl/N-ethyl adjacent to an activating group) is 2. The first kappa shape index (κ1) is 18.5. The number of nitrogens with zero attached hydrogens (tertiary/aromatic N) is 1. The Balaban J connectivity index is -0.000000405. The summed E-state index contributed by atoms with van der Waals surface area (Å²) in [7, 11) is 0. The van der Waals surface area contributed by atoms with Gasteiger partial charge in [-0.1, -0.05) is 20.8 Å². The zero-order valence-corrected chi connectivity index (χ0v) is 9.86. The number of hydrogen-bond donors (Lipinski definition) is 1. The monoisotopic (exact) mass is 242 g/mol. The Morgan fingerprint density at radius 3 is 1.92 bits per heavy atom. The van der Waals surface area contributed by atoms with Gasteiger partial charge < -0.3 is 22.6 Å². The van der Waals surface area contributed by atoms with Crippen LogP contribution in [-0.2, 0) is 17.1 Å². The smallest absolute Gasteiger partial charge is 1.00 e. The summed E-state index contributed by atoms with van der Waals surface area (Å²) < 4.78 is 0. The summed E-state index contributed by atoms with van der Waals surface area (Å²) in [4.78, 5) is 2.42. The number of rotatable bonds is 6. The maximum Gasteiger partial charge on any atom is 1.00 e. The van der Waals surface area contributed by atoms with Gasteiger partial charge in [-0.2, -0.15) is 0 Å². The van der Waals surface area contributed by atoms with Crippen LogP contribution in [0.3, 0.4) is 0 Å². The first-order chi connectivity index (χ1) is 4.85. The molecule has 0 aliphatic carbocycles. The Bertz CT molecular complexity index is 70.1. The molecular weight excluding hydrogens is 223 g/mol. The summed E-state index contributed by atoms with van der Waals surface area (Å²) in [6.45, 7) is 12.3. The van der Waals surface area contributed by atoms with Crippen LogP contribution >= 0.6 is 0 Å². The molecule has 0 spiro atoms. The molecule has 0 fully saturated rings. The Hall–Kier alpha value is 0.729. The zero-order valence-electron chi connectivity index (χ0n) is 8.16. The van der Waals surface area contributed by atoms with Crippen LogP contribution in [0.15, 0.2) is 0 Å². The van der Waals surface area contributed by atoms with E-state index < -0.39 is 0 Å². The van der Waals surface area contributed by atoms with Gasteiger partial charge in [0.15, 0.2) is 0 Å². The van der Waals surface area contributed by atoms with Crippen LogP contribution < -0.4 is 17.7 Å². The Labute approximate surface area is 93.4 Å². The predicted octanol–water partition coefficient (Wildman–Crippen LogP) is -2.06. The van der Waals surface area contributed by atoms with Crippen LogP contribution in [0.4, 0.5) is 0 Å². The molecule has 0 saturated heterocycles. The standard InChI is InChI=1S/C8H20N2.ClH.Cu/c1-4-9-7-8-10(5-2)6-3;;/h9H,4-8H2,1-3H3;1H;/q;;+1/p-1. The van der Waals surface area contributed by atoms with Crippen molar-refractivity contribution in [3.05, 3.63) is 0 Å². The van der Waals surface area contributed by atoms with Crippen molar-refractivity contribution >= 4 is 0 Å². The van der Waals surface area contributed by atoms with E-state index in [0.717, 1.165) is 13.1 Å². The Morgan fingerprint density at radius 1 is 1.08 bits per heavy atom.